The first-order valence-electron chi connectivity index (χ1n) is 4.98. The lowest BCUT2D eigenvalue weighted by atomic mass is 9.89. The van der Waals surface area contributed by atoms with Gasteiger partial charge in [-0.3, -0.25) is 4.79 Å². The highest BCUT2D eigenvalue weighted by Gasteiger charge is 2.25. The van der Waals surface area contributed by atoms with E-state index in [4.69, 9.17) is 5.73 Å². The molecular weight excluding hydrogens is 190 g/mol. The average molecular weight is 207 g/mol. The fourth-order valence-corrected chi connectivity index (χ4v) is 0.925. The molecule has 0 fully saturated rings. The van der Waals surface area contributed by atoms with Gasteiger partial charge < -0.3 is 11.1 Å². The second-order valence-electron chi connectivity index (χ2n) is 4.17. The number of rotatable bonds is 3. The number of nitrogens with zero attached hydrogens (tertiary/aromatic N) is 1. The molecule has 1 aromatic heterocycles. The van der Waals surface area contributed by atoms with Crippen LogP contribution in [0.4, 0.5) is 11.5 Å². The normalized spacial score (nSPS) is 11.1. The Labute approximate surface area is 89.9 Å². The van der Waals surface area contributed by atoms with Crippen molar-refractivity contribution in [3.63, 3.8) is 0 Å². The molecule has 0 aromatic carbocycles. The summed E-state index contributed by atoms with van der Waals surface area (Å²) in [6.07, 6.45) is 2.31. The number of hydrogen-bond acceptors (Lipinski definition) is 3. The molecule has 1 rings (SSSR count). The maximum atomic E-state index is 11.8. The SMILES string of the molecule is CCC(C)(C)C(=O)Nc1ccc(N)cn1. The first-order valence-corrected chi connectivity index (χ1v) is 4.98. The molecule has 1 amide bonds. The highest BCUT2D eigenvalue weighted by molar-refractivity contribution is 5.93. The zero-order valence-electron chi connectivity index (χ0n) is 9.37. The standard InChI is InChI=1S/C11H17N3O/c1-4-11(2,3)10(15)14-9-6-5-8(12)7-13-9/h5-7H,4,12H2,1-3H3,(H,13,14,15). The van der Waals surface area contributed by atoms with Crippen LogP contribution in [-0.2, 0) is 4.79 Å². The Morgan fingerprint density at radius 2 is 2.20 bits per heavy atom. The maximum Gasteiger partial charge on any atom is 0.231 e. The van der Waals surface area contributed by atoms with Gasteiger partial charge in [0.15, 0.2) is 0 Å². The van der Waals surface area contributed by atoms with E-state index < -0.39 is 0 Å². The molecule has 0 aliphatic carbocycles. The average Bonchev–Trinajstić information content (AvgIpc) is 2.21. The Balaban J connectivity index is 2.71. The van der Waals surface area contributed by atoms with Gasteiger partial charge in [0.1, 0.15) is 5.82 Å². The zero-order chi connectivity index (χ0) is 11.5. The number of nitrogens with one attached hydrogen (secondary N) is 1. The highest BCUT2D eigenvalue weighted by Crippen LogP contribution is 2.21. The van der Waals surface area contributed by atoms with Crippen molar-refractivity contribution in [3.8, 4) is 0 Å². The molecule has 0 radical (unpaired) electrons. The van der Waals surface area contributed by atoms with E-state index in [-0.39, 0.29) is 11.3 Å². The lowest BCUT2D eigenvalue weighted by Crippen LogP contribution is -2.30. The van der Waals surface area contributed by atoms with Crippen molar-refractivity contribution >= 4 is 17.4 Å². The number of nitrogens with two attached hydrogens (primary N) is 1. The molecule has 0 aliphatic rings. The van der Waals surface area contributed by atoms with E-state index in [0.29, 0.717) is 11.5 Å². The Kier molecular flexibility index (Phi) is 3.29. The van der Waals surface area contributed by atoms with E-state index in [1.165, 1.54) is 6.20 Å². The summed E-state index contributed by atoms with van der Waals surface area (Å²) in [4.78, 5) is 15.8. The molecule has 0 unspecified atom stereocenters. The van der Waals surface area contributed by atoms with E-state index in [1.807, 2.05) is 20.8 Å². The summed E-state index contributed by atoms with van der Waals surface area (Å²) in [6.45, 7) is 5.79. The Morgan fingerprint density at radius 3 is 2.67 bits per heavy atom. The minimum Gasteiger partial charge on any atom is -0.397 e. The van der Waals surface area contributed by atoms with Crippen LogP contribution in [-0.4, -0.2) is 10.9 Å². The number of hydrogen-bond donors (Lipinski definition) is 2. The molecule has 0 atom stereocenters. The van der Waals surface area contributed by atoms with Gasteiger partial charge in [-0.1, -0.05) is 20.8 Å². The summed E-state index contributed by atoms with van der Waals surface area (Å²) in [5.74, 6) is 0.512. The number of nitrogen functional groups attached to an aromatic ring is 1. The molecule has 0 saturated carbocycles. The van der Waals surface area contributed by atoms with Crippen LogP contribution >= 0.6 is 0 Å². The monoisotopic (exact) mass is 207 g/mol. The number of carbonyl (C=O) groups excluding carboxylic acids is 1. The summed E-state index contributed by atoms with van der Waals surface area (Å²) in [6, 6.07) is 3.40. The second kappa shape index (κ2) is 4.29. The van der Waals surface area contributed by atoms with Crippen LogP contribution in [0.25, 0.3) is 0 Å². The van der Waals surface area contributed by atoms with Crippen LogP contribution in [0.2, 0.25) is 0 Å². The van der Waals surface area contributed by atoms with E-state index in [1.54, 1.807) is 12.1 Å². The number of amides is 1. The summed E-state index contributed by atoms with van der Waals surface area (Å²) < 4.78 is 0. The van der Waals surface area contributed by atoms with Gasteiger partial charge in [-0.25, -0.2) is 4.98 Å². The topological polar surface area (TPSA) is 68.0 Å². The number of anilines is 2. The molecule has 3 N–H and O–H groups in total. The van der Waals surface area contributed by atoms with Gasteiger partial charge in [0.25, 0.3) is 0 Å². The van der Waals surface area contributed by atoms with Gasteiger partial charge in [-0.05, 0) is 18.6 Å². The van der Waals surface area contributed by atoms with Crippen LogP contribution in [0.1, 0.15) is 27.2 Å². The van der Waals surface area contributed by atoms with Crippen LogP contribution in [0.3, 0.4) is 0 Å². The highest BCUT2D eigenvalue weighted by atomic mass is 16.2. The smallest absolute Gasteiger partial charge is 0.231 e. The fourth-order valence-electron chi connectivity index (χ4n) is 0.925. The number of aromatic nitrogens is 1. The van der Waals surface area contributed by atoms with E-state index in [9.17, 15) is 4.79 Å². The molecule has 0 bridgehead atoms. The molecule has 15 heavy (non-hydrogen) atoms. The van der Waals surface area contributed by atoms with Crippen LogP contribution in [0, 0.1) is 5.41 Å². The minimum atomic E-state index is -0.372. The van der Waals surface area contributed by atoms with Crippen LogP contribution in [0.15, 0.2) is 18.3 Å². The van der Waals surface area contributed by atoms with Crippen molar-refractivity contribution in [2.75, 3.05) is 11.1 Å². The summed E-state index contributed by atoms with van der Waals surface area (Å²) in [5, 5.41) is 2.75. The largest absolute Gasteiger partial charge is 0.397 e. The van der Waals surface area contributed by atoms with Crippen molar-refractivity contribution < 1.29 is 4.79 Å². The van der Waals surface area contributed by atoms with Crippen LogP contribution in [0.5, 0.6) is 0 Å². The molecule has 0 spiro atoms. The van der Waals surface area contributed by atoms with Gasteiger partial charge in [0.2, 0.25) is 5.91 Å². The summed E-state index contributed by atoms with van der Waals surface area (Å²) in [7, 11) is 0. The lowest BCUT2D eigenvalue weighted by molar-refractivity contribution is -0.124. The number of pyridine rings is 1. The predicted octanol–water partition coefficient (Wildman–Crippen LogP) is 2.04. The first-order chi connectivity index (χ1) is 6.95. The van der Waals surface area contributed by atoms with Crippen molar-refractivity contribution in [1.29, 1.82) is 0 Å². The molecule has 4 heteroatoms. The van der Waals surface area contributed by atoms with E-state index >= 15 is 0 Å². The quantitative estimate of drug-likeness (QED) is 0.797. The Hall–Kier alpha value is -1.58. The molecule has 82 valence electrons. The molecule has 1 heterocycles. The van der Waals surface area contributed by atoms with Gasteiger partial charge in [0.05, 0.1) is 11.9 Å². The minimum absolute atomic E-state index is 0.0257. The lowest BCUT2D eigenvalue weighted by Gasteiger charge is -2.20. The van der Waals surface area contributed by atoms with Crippen molar-refractivity contribution in [3.05, 3.63) is 18.3 Å². The summed E-state index contributed by atoms with van der Waals surface area (Å²) in [5.41, 5.74) is 5.71. The predicted molar refractivity (Wildman–Crippen MR) is 61.4 cm³/mol. The van der Waals surface area contributed by atoms with Gasteiger partial charge in [-0.2, -0.15) is 0 Å². The van der Waals surface area contributed by atoms with Gasteiger partial charge in [0, 0.05) is 5.41 Å². The van der Waals surface area contributed by atoms with Crippen molar-refractivity contribution in [2.24, 2.45) is 5.41 Å². The Morgan fingerprint density at radius 1 is 1.53 bits per heavy atom. The fraction of sp³-hybridized carbons (Fsp3) is 0.455. The van der Waals surface area contributed by atoms with E-state index in [0.717, 1.165) is 6.42 Å². The molecular formula is C11H17N3O. The third-order valence-electron chi connectivity index (χ3n) is 2.53. The van der Waals surface area contributed by atoms with Crippen LogP contribution < -0.4 is 11.1 Å². The molecule has 0 aliphatic heterocycles. The Bertz CT molecular complexity index is 343. The summed E-state index contributed by atoms with van der Waals surface area (Å²) >= 11 is 0. The zero-order valence-corrected chi connectivity index (χ0v) is 9.37. The van der Waals surface area contributed by atoms with Gasteiger partial charge >= 0.3 is 0 Å². The third-order valence-corrected chi connectivity index (χ3v) is 2.53. The maximum absolute atomic E-state index is 11.8. The number of carbonyl (C=O) groups is 1. The second-order valence-corrected chi connectivity index (χ2v) is 4.17. The third kappa shape index (κ3) is 2.94. The van der Waals surface area contributed by atoms with E-state index in [2.05, 4.69) is 10.3 Å². The van der Waals surface area contributed by atoms with Crippen molar-refractivity contribution in [2.45, 2.75) is 27.2 Å². The van der Waals surface area contributed by atoms with Gasteiger partial charge in [-0.15, -0.1) is 0 Å². The van der Waals surface area contributed by atoms with Crippen molar-refractivity contribution in [1.82, 2.24) is 4.98 Å². The molecule has 1 aromatic rings. The molecule has 4 nitrogen and oxygen atoms in total. The first kappa shape index (κ1) is 11.5. The molecule has 0 saturated heterocycles.